The number of hydrogen-bond donors (Lipinski definition) is 0. The highest BCUT2D eigenvalue weighted by Gasteiger charge is 2.47. The second kappa shape index (κ2) is 6.87. The average Bonchev–Trinajstić information content (AvgIpc) is 2.85. The summed E-state index contributed by atoms with van der Waals surface area (Å²) < 4.78 is 12.4. The van der Waals surface area contributed by atoms with Crippen LogP contribution in [-0.4, -0.2) is 51.9 Å². The zero-order valence-corrected chi connectivity index (χ0v) is 14.1. The van der Waals surface area contributed by atoms with Crippen LogP contribution in [-0.2, 0) is 16.1 Å². The fourth-order valence-electron chi connectivity index (χ4n) is 3.91. The van der Waals surface area contributed by atoms with Crippen molar-refractivity contribution in [3.63, 3.8) is 0 Å². The standard InChI is InChI=1S/C18H24FN3O2/c1-14-3-2-4-15(20-14)13-22-17(24)5-7-18(22)8-11-21(12-9-18)16(23)6-10-19/h2-4H,5-13H2,1H3. The van der Waals surface area contributed by atoms with Crippen molar-refractivity contribution in [1.82, 2.24) is 14.8 Å². The van der Waals surface area contributed by atoms with Gasteiger partial charge in [-0.05, 0) is 38.3 Å². The SMILES string of the molecule is Cc1cccc(CN2C(=O)CCC23CCN(C(=O)CCF)CC3)n1. The molecule has 3 rings (SSSR count). The molecule has 0 unspecified atom stereocenters. The van der Waals surface area contributed by atoms with E-state index < -0.39 is 6.67 Å². The van der Waals surface area contributed by atoms with E-state index in [0.717, 1.165) is 30.7 Å². The molecule has 1 aromatic heterocycles. The molecule has 0 aliphatic carbocycles. The maximum absolute atomic E-state index is 12.4. The van der Waals surface area contributed by atoms with E-state index in [1.165, 1.54) is 0 Å². The van der Waals surface area contributed by atoms with Gasteiger partial charge in [0, 0.05) is 30.7 Å². The number of aryl methyl sites for hydroxylation is 1. The molecule has 0 bridgehead atoms. The Morgan fingerprint density at radius 2 is 2.04 bits per heavy atom. The number of alkyl halides is 1. The topological polar surface area (TPSA) is 53.5 Å². The van der Waals surface area contributed by atoms with Gasteiger partial charge in [0.25, 0.3) is 0 Å². The maximum Gasteiger partial charge on any atom is 0.225 e. The monoisotopic (exact) mass is 333 g/mol. The molecule has 2 amide bonds. The second-order valence-corrected chi connectivity index (χ2v) is 6.79. The van der Waals surface area contributed by atoms with Crippen LogP contribution < -0.4 is 0 Å². The Kier molecular flexibility index (Phi) is 4.83. The summed E-state index contributed by atoms with van der Waals surface area (Å²) in [6.45, 7) is 3.07. The number of likely N-dealkylation sites (tertiary alicyclic amines) is 2. The molecule has 130 valence electrons. The van der Waals surface area contributed by atoms with Crippen LogP contribution in [0.2, 0.25) is 0 Å². The van der Waals surface area contributed by atoms with E-state index in [2.05, 4.69) is 4.98 Å². The lowest BCUT2D eigenvalue weighted by molar-refractivity contribution is -0.137. The molecule has 1 spiro atoms. The van der Waals surface area contributed by atoms with Gasteiger partial charge in [-0.3, -0.25) is 19.0 Å². The van der Waals surface area contributed by atoms with Gasteiger partial charge >= 0.3 is 0 Å². The van der Waals surface area contributed by atoms with Crippen molar-refractivity contribution in [3.8, 4) is 0 Å². The maximum atomic E-state index is 12.4. The highest BCUT2D eigenvalue weighted by Crippen LogP contribution is 2.40. The molecular formula is C18H24FN3O2. The Morgan fingerprint density at radius 3 is 2.71 bits per heavy atom. The van der Waals surface area contributed by atoms with E-state index in [1.54, 1.807) is 4.90 Å². The molecule has 0 saturated carbocycles. The summed E-state index contributed by atoms with van der Waals surface area (Å²) in [5.74, 6) is 0.0467. The van der Waals surface area contributed by atoms with Crippen LogP contribution in [0.4, 0.5) is 4.39 Å². The molecule has 0 atom stereocenters. The Balaban J connectivity index is 1.70. The zero-order valence-electron chi connectivity index (χ0n) is 14.1. The molecular weight excluding hydrogens is 309 g/mol. The lowest BCUT2D eigenvalue weighted by Gasteiger charge is -2.45. The minimum absolute atomic E-state index is 0.0388. The largest absolute Gasteiger partial charge is 0.342 e. The van der Waals surface area contributed by atoms with Gasteiger partial charge < -0.3 is 9.80 Å². The van der Waals surface area contributed by atoms with Crippen molar-refractivity contribution in [2.24, 2.45) is 0 Å². The number of amides is 2. The molecule has 2 saturated heterocycles. The van der Waals surface area contributed by atoms with Crippen molar-refractivity contribution in [2.75, 3.05) is 19.8 Å². The van der Waals surface area contributed by atoms with Gasteiger partial charge in [0.2, 0.25) is 11.8 Å². The number of pyridine rings is 1. The van der Waals surface area contributed by atoms with Crippen molar-refractivity contribution in [2.45, 2.75) is 51.1 Å². The third-order valence-electron chi connectivity index (χ3n) is 5.30. The number of aromatic nitrogens is 1. The number of carbonyl (C=O) groups excluding carboxylic acids is 2. The van der Waals surface area contributed by atoms with E-state index in [9.17, 15) is 14.0 Å². The fraction of sp³-hybridized carbons (Fsp3) is 0.611. The first-order valence-electron chi connectivity index (χ1n) is 8.61. The summed E-state index contributed by atoms with van der Waals surface area (Å²) in [5, 5.41) is 0. The van der Waals surface area contributed by atoms with E-state index in [4.69, 9.17) is 0 Å². The van der Waals surface area contributed by atoms with Crippen LogP contribution in [0.15, 0.2) is 18.2 Å². The van der Waals surface area contributed by atoms with Gasteiger partial charge in [-0.1, -0.05) is 6.07 Å². The quantitative estimate of drug-likeness (QED) is 0.849. The summed E-state index contributed by atoms with van der Waals surface area (Å²) in [6.07, 6.45) is 2.89. The predicted molar refractivity (Wildman–Crippen MR) is 87.9 cm³/mol. The van der Waals surface area contributed by atoms with Gasteiger partial charge in [-0.2, -0.15) is 0 Å². The van der Waals surface area contributed by atoms with Crippen LogP contribution in [0.1, 0.15) is 43.5 Å². The molecule has 0 aromatic carbocycles. The summed E-state index contributed by atoms with van der Waals surface area (Å²) >= 11 is 0. The zero-order chi connectivity index (χ0) is 17.2. The minimum atomic E-state index is -0.607. The first kappa shape index (κ1) is 16.9. The second-order valence-electron chi connectivity index (χ2n) is 6.79. The van der Waals surface area contributed by atoms with Gasteiger partial charge in [0.1, 0.15) is 0 Å². The number of hydrogen-bond acceptors (Lipinski definition) is 3. The summed E-state index contributed by atoms with van der Waals surface area (Å²) in [6, 6.07) is 5.86. The molecule has 2 fully saturated rings. The number of piperidine rings is 1. The van der Waals surface area contributed by atoms with Gasteiger partial charge in [-0.15, -0.1) is 0 Å². The van der Waals surface area contributed by atoms with Crippen LogP contribution >= 0.6 is 0 Å². The Hall–Kier alpha value is -1.98. The molecule has 2 aliphatic heterocycles. The number of carbonyl (C=O) groups is 2. The highest BCUT2D eigenvalue weighted by atomic mass is 19.1. The van der Waals surface area contributed by atoms with Crippen LogP contribution in [0.5, 0.6) is 0 Å². The first-order valence-corrected chi connectivity index (χ1v) is 8.61. The first-order chi connectivity index (χ1) is 11.5. The Morgan fingerprint density at radius 1 is 1.29 bits per heavy atom. The number of rotatable bonds is 4. The minimum Gasteiger partial charge on any atom is -0.342 e. The third-order valence-corrected chi connectivity index (χ3v) is 5.30. The fourth-order valence-corrected chi connectivity index (χ4v) is 3.91. The predicted octanol–water partition coefficient (Wildman–Crippen LogP) is 2.23. The van der Waals surface area contributed by atoms with E-state index in [-0.39, 0.29) is 23.8 Å². The molecule has 6 heteroatoms. The normalized spacial score (nSPS) is 20.0. The van der Waals surface area contributed by atoms with Crippen LogP contribution in [0.3, 0.4) is 0 Å². The van der Waals surface area contributed by atoms with Crippen molar-refractivity contribution in [1.29, 1.82) is 0 Å². The molecule has 24 heavy (non-hydrogen) atoms. The van der Waals surface area contributed by atoms with Gasteiger partial charge in [-0.25, -0.2) is 0 Å². The molecule has 2 aliphatic rings. The Labute approximate surface area is 141 Å². The smallest absolute Gasteiger partial charge is 0.225 e. The molecule has 0 radical (unpaired) electrons. The number of halogens is 1. The molecule has 1 aromatic rings. The lowest BCUT2D eigenvalue weighted by Crippen LogP contribution is -2.53. The van der Waals surface area contributed by atoms with E-state index >= 15 is 0 Å². The summed E-state index contributed by atoms with van der Waals surface area (Å²) in [4.78, 5) is 32.5. The summed E-state index contributed by atoms with van der Waals surface area (Å²) in [7, 11) is 0. The van der Waals surface area contributed by atoms with Crippen LogP contribution in [0, 0.1) is 6.92 Å². The van der Waals surface area contributed by atoms with Gasteiger partial charge in [0.05, 0.1) is 25.3 Å². The van der Waals surface area contributed by atoms with Crippen molar-refractivity contribution < 1.29 is 14.0 Å². The molecule has 5 nitrogen and oxygen atoms in total. The summed E-state index contributed by atoms with van der Waals surface area (Å²) in [5.41, 5.74) is 1.68. The van der Waals surface area contributed by atoms with E-state index in [1.807, 2.05) is 30.0 Å². The molecule has 0 N–H and O–H groups in total. The third kappa shape index (κ3) is 3.28. The van der Waals surface area contributed by atoms with E-state index in [0.29, 0.717) is 26.1 Å². The van der Waals surface area contributed by atoms with Crippen molar-refractivity contribution in [3.05, 3.63) is 29.6 Å². The average molecular weight is 333 g/mol. The number of nitrogens with zero attached hydrogens (tertiary/aromatic N) is 3. The van der Waals surface area contributed by atoms with Crippen LogP contribution in [0.25, 0.3) is 0 Å². The lowest BCUT2D eigenvalue weighted by atomic mass is 9.84. The molecule has 3 heterocycles. The van der Waals surface area contributed by atoms with Crippen molar-refractivity contribution >= 4 is 11.8 Å². The van der Waals surface area contributed by atoms with Gasteiger partial charge in [0.15, 0.2) is 0 Å². The Bertz CT molecular complexity index is 626. The highest BCUT2D eigenvalue weighted by molar-refractivity contribution is 5.80.